The third kappa shape index (κ3) is 2.54. The van der Waals surface area contributed by atoms with Gasteiger partial charge in [-0.3, -0.25) is 9.36 Å². The summed E-state index contributed by atoms with van der Waals surface area (Å²) in [6, 6.07) is 0.153. The molecule has 0 fully saturated rings. The van der Waals surface area contributed by atoms with Crippen LogP contribution >= 0.6 is 23.6 Å². The molecule has 5 heteroatoms. The Morgan fingerprint density at radius 3 is 2.74 bits per heavy atom. The van der Waals surface area contributed by atoms with Gasteiger partial charge in [0, 0.05) is 10.9 Å². The molecule has 1 atom stereocenters. The van der Waals surface area contributed by atoms with Gasteiger partial charge in [0.25, 0.3) is 5.56 Å². The molecule has 0 spiro atoms. The summed E-state index contributed by atoms with van der Waals surface area (Å²) in [4.78, 5) is 18.0. The van der Waals surface area contributed by atoms with Crippen LogP contribution in [-0.2, 0) is 0 Å². The Balaban J connectivity index is 2.65. The summed E-state index contributed by atoms with van der Waals surface area (Å²) >= 11 is 6.97. The van der Waals surface area contributed by atoms with Crippen LogP contribution in [0.15, 0.2) is 4.79 Å². The lowest BCUT2D eigenvalue weighted by atomic mass is 10.1. The number of H-pyrrole nitrogens is 1. The zero-order valence-electron chi connectivity index (χ0n) is 11.9. The summed E-state index contributed by atoms with van der Waals surface area (Å²) in [6.07, 6.45) is 3.23. The summed E-state index contributed by atoms with van der Waals surface area (Å²) in [6.45, 7) is 8.28. The molecule has 0 bridgehead atoms. The number of nitrogens with zero attached hydrogens (tertiary/aromatic N) is 1. The maximum absolute atomic E-state index is 12.7. The van der Waals surface area contributed by atoms with Crippen molar-refractivity contribution in [3.05, 3.63) is 25.6 Å². The third-order valence-corrected chi connectivity index (χ3v) is 5.09. The van der Waals surface area contributed by atoms with Gasteiger partial charge in [-0.05, 0) is 45.0 Å². The molecule has 2 heterocycles. The average molecular weight is 296 g/mol. The maximum atomic E-state index is 12.7. The molecule has 2 aromatic heterocycles. The zero-order valence-corrected chi connectivity index (χ0v) is 13.5. The summed E-state index contributed by atoms with van der Waals surface area (Å²) in [5.41, 5.74) is 1.14. The number of fused-ring (bicyclic) bond motifs is 1. The zero-order chi connectivity index (χ0) is 14.2. The standard InChI is InChI=1S/C14H20N2OS2/c1-5-6-7-8(2)16-13(17)11-9(3)10(4)19-12(11)15-14(16)18/h8H,5-7H2,1-4H3,(H,15,18). The van der Waals surface area contributed by atoms with Crippen LogP contribution in [0, 0.1) is 18.6 Å². The highest BCUT2D eigenvalue weighted by molar-refractivity contribution is 7.71. The quantitative estimate of drug-likeness (QED) is 0.844. The first-order chi connectivity index (χ1) is 8.97. The van der Waals surface area contributed by atoms with Gasteiger partial charge in [-0.25, -0.2) is 0 Å². The molecule has 0 saturated heterocycles. The van der Waals surface area contributed by atoms with Gasteiger partial charge in [0.05, 0.1) is 5.39 Å². The van der Waals surface area contributed by atoms with Gasteiger partial charge in [0.15, 0.2) is 4.77 Å². The van der Waals surface area contributed by atoms with Gasteiger partial charge in [0.2, 0.25) is 0 Å². The largest absolute Gasteiger partial charge is 0.323 e. The van der Waals surface area contributed by atoms with Crippen LogP contribution in [-0.4, -0.2) is 9.55 Å². The van der Waals surface area contributed by atoms with Crippen LogP contribution in [0.5, 0.6) is 0 Å². The number of aromatic amines is 1. The van der Waals surface area contributed by atoms with E-state index in [4.69, 9.17) is 12.2 Å². The lowest BCUT2D eigenvalue weighted by Crippen LogP contribution is -2.25. The first-order valence-electron chi connectivity index (χ1n) is 6.71. The second-order valence-electron chi connectivity index (χ2n) is 5.08. The van der Waals surface area contributed by atoms with E-state index < -0.39 is 0 Å². The number of nitrogens with one attached hydrogen (secondary N) is 1. The number of aryl methyl sites for hydroxylation is 2. The van der Waals surface area contributed by atoms with Crippen molar-refractivity contribution >= 4 is 33.8 Å². The summed E-state index contributed by atoms with van der Waals surface area (Å²) in [7, 11) is 0. The van der Waals surface area contributed by atoms with Crippen LogP contribution in [0.25, 0.3) is 10.2 Å². The second-order valence-corrected chi connectivity index (χ2v) is 6.70. The third-order valence-electron chi connectivity index (χ3n) is 3.67. The Morgan fingerprint density at radius 2 is 2.11 bits per heavy atom. The van der Waals surface area contributed by atoms with Crippen molar-refractivity contribution < 1.29 is 0 Å². The van der Waals surface area contributed by atoms with Gasteiger partial charge in [-0.15, -0.1) is 11.3 Å². The minimum absolute atomic E-state index is 0.0594. The Labute approximate surface area is 122 Å². The van der Waals surface area contributed by atoms with E-state index in [0.717, 1.165) is 35.0 Å². The smallest absolute Gasteiger partial charge is 0.263 e. The van der Waals surface area contributed by atoms with E-state index in [1.54, 1.807) is 15.9 Å². The van der Waals surface area contributed by atoms with E-state index in [9.17, 15) is 4.79 Å². The molecule has 2 rings (SSSR count). The Morgan fingerprint density at radius 1 is 1.42 bits per heavy atom. The van der Waals surface area contributed by atoms with Crippen molar-refractivity contribution in [2.75, 3.05) is 0 Å². The fourth-order valence-corrected chi connectivity index (χ4v) is 3.85. The minimum atomic E-state index is 0.0594. The number of hydrogen-bond acceptors (Lipinski definition) is 3. The van der Waals surface area contributed by atoms with Crippen LogP contribution in [0.3, 0.4) is 0 Å². The van der Waals surface area contributed by atoms with Gasteiger partial charge in [0.1, 0.15) is 4.83 Å². The number of thiophene rings is 1. The topological polar surface area (TPSA) is 37.8 Å². The summed E-state index contributed by atoms with van der Waals surface area (Å²) < 4.78 is 2.29. The normalized spacial score (nSPS) is 13.1. The van der Waals surface area contributed by atoms with Gasteiger partial charge >= 0.3 is 0 Å². The molecule has 0 amide bonds. The monoisotopic (exact) mass is 296 g/mol. The van der Waals surface area contributed by atoms with Crippen LogP contribution < -0.4 is 5.56 Å². The van der Waals surface area contributed by atoms with Crippen LogP contribution in [0.1, 0.15) is 49.6 Å². The molecule has 1 unspecified atom stereocenters. The molecular weight excluding hydrogens is 276 g/mol. The molecule has 1 N–H and O–H groups in total. The van der Waals surface area contributed by atoms with Gasteiger partial charge in [-0.1, -0.05) is 19.8 Å². The predicted octanol–water partition coefficient (Wildman–Crippen LogP) is 4.49. The Bertz CT molecular complexity index is 709. The molecule has 0 aliphatic carbocycles. The van der Waals surface area contributed by atoms with Gasteiger partial charge < -0.3 is 4.98 Å². The fourth-order valence-electron chi connectivity index (χ4n) is 2.37. The van der Waals surface area contributed by atoms with Crippen molar-refractivity contribution in [3.8, 4) is 0 Å². The molecule has 0 aliphatic rings. The predicted molar refractivity (Wildman–Crippen MR) is 85.0 cm³/mol. The van der Waals surface area contributed by atoms with E-state index in [-0.39, 0.29) is 11.6 Å². The summed E-state index contributed by atoms with van der Waals surface area (Å²) in [5, 5.41) is 0.805. The SMILES string of the molecule is CCCCC(C)n1c(=S)[nH]c2sc(C)c(C)c2c1=O. The lowest BCUT2D eigenvalue weighted by Gasteiger charge is -2.15. The molecule has 3 nitrogen and oxygen atoms in total. The molecule has 0 saturated carbocycles. The Kier molecular flexibility index (Phi) is 4.26. The van der Waals surface area contributed by atoms with Crippen molar-refractivity contribution in [1.29, 1.82) is 0 Å². The van der Waals surface area contributed by atoms with E-state index in [0.29, 0.717) is 4.77 Å². The van der Waals surface area contributed by atoms with Gasteiger partial charge in [-0.2, -0.15) is 0 Å². The highest BCUT2D eigenvalue weighted by Crippen LogP contribution is 2.26. The minimum Gasteiger partial charge on any atom is -0.323 e. The highest BCUT2D eigenvalue weighted by Gasteiger charge is 2.15. The highest BCUT2D eigenvalue weighted by atomic mass is 32.1. The molecule has 0 radical (unpaired) electrons. The molecule has 104 valence electrons. The van der Waals surface area contributed by atoms with Crippen molar-refractivity contribution in [3.63, 3.8) is 0 Å². The number of rotatable bonds is 4. The first kappa shape index (κ1) is 14.5. The van der Waals surface area contributed by atoms with E-state index in [1.807, 2.05) is 13.8 Å². The summed E-state index contributed by atoms with van der Waals surface area (Å²) in [5.74, 6) is 0. The fraction of sp³-hybridized carbons (Fsp3) is 0.571. The number of aromatic nitrogens is 2. The van der Waals surface area contributed by atoms with E-state index in [2.05, 4.69) is 18.8 Å². The average Bonchev–Trinajstić information content (AvgIpc) is 2.62. The molecule has 2 aromatic rings. The van der Waals surface area contributed by atoms with Crippen molar-refractivity contribution in [2.45, 2.75) is 53.0 Å². The van der Waals surface area contributed by atoms with Crippen molar-refractivity contribution in [2.24, 2.45) is 0 Å². The van der Waals surface area contributed by atoms with E-state index >= 15 is 0 Å². The van der Waals surface area contributed by atoms with Crippen LogP contribution in [0.2, 0.25) is 0 Å². The second kappa shape index (κ2) is 5.59. The maximum Gasteiger partial charge on any atom is 0.263 e. The number of unbranched alkanes of at least 4 members (excludes halogenated alkanes) is 1. The molecule has 0 aromatic carbocycles. The molecule has 19 heavy (non-hydrogen) atoms. The molecular formula is C14H20N2OS2. The van der Waals surface area contributed by atoms with Crippen molar-refractivity contribution in [1.82, 2.24) is 9.55 Å². The Hall–Kier alpha value is -0.940. The first-order valence-corrected chi connectivity index (χ1v) is 7.94. The molecule has 0 aliphatic heterocycles. The van der Waals surface area contributed by atoms with E-state index in [1.165, 1.54) is 4.88 Å². The number of hydrogen-bond donors (Lipinski definition) is 1. The lowest BCUT2D eigenvalue weighted by molar-refractivity contribution is 0.465. The van der Waals surface area contributed by atoms with Crippen LogP contribution in [0.4, 0.5) is 0 Å².